The summed E-state index contributed by atoms with van der Waals surface area (Å²) in [6.45, 7) is 1.52. The van der Waals surface area contributed by atoms with Crippen LogP contribution in [0.1, 0.15) is 17.3 Å². The fraction of sp³-hybridized carbons (Fsp3) is 0.105. The number of anilines is 1. The van der Waals surface area contributed by atoms with Gasteiger partial charge in [0.05, 0.1) is 11.4 Å². The molecule has 0 atom stereocenters. The second-order valence-electron chi connectivity index (χ2n) is 5.82. The van der Waals surface area contributed by atoms with Crippen molar-refractivity contribution in [2.24, 2.45) is 0 Å². The van der Waals surface area contributed by atoms with Crippen molar-refractivity contribution in [2.75, 3.05) is 11.1 Å². The van der Waals surface area contributed by atoms with Crippen molar-refractivity contribution < 1.29 is 22.0 Å². The molecule has 28 heavy (non-hydrogen) atoms. The Bertz CT molecular complexity index is 1130. The van der Waals surface area contributed by atoms with Crippen molar-refractivity contribution in [3.05, 3.63) is 71.8 Å². The van der Waals surface area contributed by atoms with Crippen LogP contribution in [-0.4, -0.2) is 30.3 Å². The molecule has 0 spiro atoms. The maximum absolute atomic E-state index is 13.3. The molecule has 0 unspecified atom stereocenters. The topological polar surface area (TPSA) is 89.0 Å². The lowest BCUT2D eigenvalue weighted by molar-refractivity contribution is 0.102. The van der Waals surface area contributed by atoms with Gasteiger partial charge in [-0.15, -0.1) is 10.2 Å². The highest BCUT2D eigenvalue weighted by Gasteiger charge is 2.15. The summed E-state index contributed by atoms with van der Waals surface area (Å²) in [4.78, 5) is 12.2. The normalized spacial score (nSPS) is 11.2. The Kier molecular flexibility index (Phi) is 5.46. The Balaban J connectivity index is 1.82. The van der Waals surface area contributed by atoms with Gasteiger partial charge in [0.15, 0.2) is 26.5 Å². The molecular weight excluding hydrogens is 388 g/mol. The molecule has 6 nitrogen and oxygen atoms in total. The van der Waals surface area contributed by atoms with E-state index in [9.17, 15) is 22.0 Å². The van der Waals surface area contributed by atoms with Crippen molar-refractivity contribution in [3.8, 4) is 11.3 Å². The minimum atomic E-state index is -3.45. The van der Waals surface area contributed by atoms with E-state index >= 15 is 0 Å². The fourth-order valence-corrected chi connectivity index (χ4v) is 3.12. The predicted octanol–water partition coefficient (Wildman–Crippen LogP) is 3.47. The molecule has 3 aromatic rings. The molecule has 0 saturated heterocycles. The average molecular weight is 403 g/mol. The lowest BCUT2D eigenvalue weighted by Gasteiger charge is -2.08. The van der Waals surface area contributed by atoms with Gasteiger partial charge >= 0.3 is 0 Å². The molecule has 0 saturated carbocycles. The van der Waals surface area contributed by atoms with E-state index in [-0.39, 0.29) is 16.3 Å². The standard InChI is InChI=1S/C19H15F2N3O3S/c1-2-28(26,27)18-9-8-17(23-24-18)12-4-3-5-14(10-12)22-19(25)13-6-7-15(20)16(21)11-13/h3-11H,2H2,1H3,(H,22,25). The average Bonchev–Trinajstić information content (AvgIpc) is 2.70. The largest absolute Gasteiger partial charge is 0.322 e. The first-order valence-electron chi connectivity index (χ1n) is 8.23. The third kappa shape index (κ3) is 4.20. The lowest BCUT2D eigenvalue weighted by Crippen LogP contribution is -2.12. The maximum atomic E-state index is 13.3. The number of nitrogens with zero attached hydrogens (tertiary/aromatic N) is 2. The van der Waals surface area contributed by atoms with E-state index in [1.807, 2.05) is 0 Å². The summed E-state index contributed by atoms with van der Waals surface area (Å²) >= 11 is 0. The van der Waals surface area contributed by atoms with Crippen molar-refractivity contribution in [1.82, 2.24) is 10.2 Å². The summed E-state index contributed by atoms with van der Waals surface area (Å²) in [6, 6.07) is 12.4. The van der Waals surface area contributed by atoms with Crippen molar-refractivity contribution in [2.45, 2.75) is 11.9 Å². The van der Waals surface area contributed by atoms with Gasteiger partial charge in [-0.1, -0.05) is 19.1 Å². The SMILES string of the molecule is CCS(=O)(=O)c1ccc(-c2cccc(NC(=O)c3ccc(F)c(F)c3)c2)nn1. The quantitative estimate of drug-likeness (QED) is 0.705. The van der Waals surface area contributed by atoms with Crippen LogP contribution >= 0.6 is 0 Å². The van der Waals surface area contributed by atoms with E-state index in [4.69, 9.17) is 0 Å². The minimum Gasteiger partial charge on any atom is -0.322 e. The summed E-state index contributed by atoms with van der Waals surface area (Å²) in [7, 11) is -3.45. The summed E-state index contributed by atoms with van der Waals surface area (Å²) < 4.78 is 49.9. The van der Waals surface area contributed by atoms with E-state index in [1.54, 1.807) is 24.3 Å². The second-order valence-corrected chi connectivity index (χ2v) is 8.05. The van der Waals surface area contributed by atoms with Crippen molar-refractivity contribution in [1.29, 1.82) is 0 Å². The Hall–Kier alpha value is -3.20. The number of hydrogen-bond donors (Lipinski definition) is 1. The Morgan fingerprint density at radius 1 is 1.00 bits per heavy atom. The first kappa shape index (κ1) is 19.6. The zero-order valence-electron chi connectivity index (χ0n) is 14.7. The number of aromatic nitrogens is 2. The van der Waals surface area contributed by atoms with Crippen LogP contribution in [-0.2, 0) is 9.84 Å². The highest BCUT2D eigenvalue weighted by molar-refractivity contribution is 7.91. The molecule has 2 aromatic carbocycles. The molecule has 1 aromatic heterocycles. The first-order valence-corrected chi connectivity index (χ1v) is 9.88. The molecule has 0 aliphatic carbocycles. The van der Waals surface area contributed by atoms with Crippen LogP contribution in [0.25, 0.3) is 11.3 Å². The molecule has 0 bridgehead atoms. The molecule has 0 fully saturated rings. The molecule has 3 rings (SSSR count). The Morgan fingerprint density at radius 2 is 1.79 bits per heavy atom. The second kappa shape index (κ2) is 7.81. The zero-order chi connectivity index (χ0) is 20.3. The van der Waals surface area contributed by atoms with Crippen LogP contribution in [0.15, 0.2) is 59.6 Å². The van der Waals surface area contributed by atoms with Gasteiger partial charge in [0.25, 0.3) is 5.91 Å². The Morgan fingerprint density at radius 3 is 2.43 bits per heavy atom. The molecule has 0 aliphatic rings. The van der Waals surface area contributed by atoms with Gasteiger partial charge < -0.3 is 5.32 Å². The van der Waals surface area contributed by atoms with Crippen LogP contribution in [0.4, 0.5) is 14.5 Å². The third-order valence-corrected chi connectivity index (χ3v) is 5.55. The van der Waals surface area contributed by atoms with Gasteiger partial charge in [0.1, 0.15) is 0 Å². The molecule has 144 valence electrons. The number of nitrogens with one attached hydrogen (secondary N) is 1. The maximum Gasteiger partial charge on any atom is 0.255 e. The number of carbonyl (C=O) groups excluding carboxylic acids is 1. The van der Waals surface area contributed by atoms with Crippen LogP contribution in [0.3, 0.4) is 0 Å². The van der Waals surface area contributed by atoms with Gasteiger partial charge in [0, 0.05) is 16.8 Å². The van der Waals surface area contributed by atoms with Crippen LogP contribution in [0, 0.1) is 11.6 Å². The van der Waals surface area contributed by atoms with Gasteiger partial charge in [-0.3, -0.25) is 4.79 Å². The molecule has 1 N–H and O–H groups in total. The van der Waals surface area contributed by atoms with Gasteiger partial charge in [-0.25, -0.2) is 17.2 Å². The summed E-state index contributed by atoms with van der Waals surface area (Å²) in [5, 5.41) is 10.2. The monoisotopic (exact) mass is 403 g/mol. The van der Waals surface area contributed by atoms with E-state index in [2.05, 4.69) is 15.5 Å². The molecule has 0 radical (unpaired) electrons. The number of halogens is 2. The smallest absolute Gasteiger partial charge is 0.255 e. The van der Waals surface area contributed by atoms with Crippen LogP contribution in [0.2, 0.25) is 0 Å². The summed E-state index contributed by atoms with van der Waals surface area (Å²) in [5.74, 6) is -2.83. The summed E-state index contributed by atoms with van der Waals surface area (Å²) in [5.41, 5.74) is 1.38. The molecule has 1 amide bonds. The predicted molar refractivity (Wildman–Crippen MR) is 99.5 cm³/mol. The number of rotatable bonds is 5. The van der Waals surface area contributed by atoms with Crippen LogP contribution in [0.5, 0.6) is 0 Å². The Labute approximate surface area is 160 Å². The summed E-state index contributed by atoms with van der Waals surface area (Å²) in [6.07, 6.45) is 0. The zero-order valence-corrected chi connectivity index (χ0v) is 15.5. The number of hydrogen-bond acceptors (Lipinski definition) is 5. The number of sulfone groups is 1. The lowest BCUT2D eigenvalue weighted by atomic mass is 10.1. The first-order chi connectivity index (χ1) is 13.3. The van der Waals surface area contributed by atoms with E-state index in [0.717, 1.165) is 12.1 Å². The van der Waals surface area contributed by atoms with Gasteiger partial charge in [0.2, 0.25) is 0 Å². The van der Waals surface area contributed by atoms with E-state index in [1.165, 1.54) is 25.1 Å². The van der Waals surface area contributed by atoms with E-state index in [0.29, 0.717) is 16.9 Å². The van der Waals surface area contributed by atoms with E-state index < -0.39 is 27.4 Å². The minimum absolute atomic E-state index is 0.0294. The highest BCUT2D eigenvalue weighted by Crippen LogP contribution is 2.22. The van der Waals surface area contributed by atoms with Gasteiger partial charge in [-0.2, -0.15) is 0 Å². The van der Waals surface area contributed by atoms with Crippen LogP contribution < -0.4 is 5.32 Å². The van der Waals surface area contributed by atoms with Crippen molar-refractivity contribution in [3.63, 3.8) is 0 Å². The fourth-order valence-electron chi connectivity index (χ4n) is 2.38. The number of benzene rings is 2. The number of amides is 1. The third-order valence-electron chi connectivity index (χ3n) is 3.94. The molecular formula is C19H15F2N3O3S. The molecule has 0 aliphatic heterocycles. The molecule has 9 heteroatoms. The van der Waals surface area contributed by atoms with Gasteiger partial charge in [-0.05, 0) is 42.5 Å². The highest BCUT2D eigenvalue weighted by atomic mass is 32.2. The van der Waals surface area contributed by atoms with Crippen molar-refractivity contribution >= 4 is 21.4 Å². The molecule has 1 heterocycles. The number of carbonyl (C=O) groups is 1.